The highest BCUT2D eigenvalue weighted by Gasteiger charge is 2.32. The van der Waals surface area contributed by atoms with Gasteiger partial charge in [0.15, 0.2) is 0 Å². The van der Waals surface area contributed by atoms with Gasteiger partial charge in [0, 0.05) is 37.9 Å². The molecule has 0 saturated carbocycles. The molecular formula is C24H27N7O. The van der Waals surface area contributed by atoms with Gasteiger partial charge in [0.25, 0.3) is 0 Å². The van der Waals surface area contributed by atoms with Gasteiger partial charge in [0.2, 0.25) is 0 Å². The van der Waals surface area contributed by atoms with Gasteiger partial charge >= 0.3 is 0 Å². The van der Waals surface area contributed by atoms with Gasteiger partial charge in [0.1, 0.15) is 23.5 Å². The van der Waals surface area contributed by atoms with Crippen molar-refractivity contribution in [2.75, 3.05) is 37.6 Å². The Kier molecular flexibility index (Phi) is 4.87. The molecule has 8 nitrogen and oxygen atoms in total. The van der Waals surface area contributed by atoms with Crippen LogP contribution in [0.3, 0.4) is 0 Å². The molecule has 2 aromatic heterocycles. The largest absolute Gasteiger partial charge is 0.391 e. The van der Waals surface area contributed by atoms with E-state index >= 15 is 0 Å². The Morgan fingerprint density at radius 1 is 0.969 bits per heavy atom. The highest BCUT2D eigenvalue weighted by Crippen LogP contribution is 2.31. The molecule has 0 amide bonds. The summed E-state index contributed by atoms with van der Waals surface area (Å²) < 4.78 is 0. The van der Waals surface area contributed by atoms with E-state index in [9.17, 15) is 5.11 Å². The first kappa shape index (κ1) is 19.4. The molecule has 8 heteroatoms. The van der Waals surface area contributed by atoms with Crippen LogP contribution in [0.25, 0.3) is 11.3 Å². The molecule has 6 heterocycles. The maximum atomic E-state index is 9.87. The van der Waals surface area contributed by atoms with Crippen molar-refractivity contribution >= 4 is 17.5 Å². The number of aliphatic hydroxyl groups is 1. The maximum absolute atomic E-state index is 9.87. The lowest BCUT2D eigenvalue weighted by Gasteiger charge is -2.28. The molecule has 2 fully saturated rings. The molecule has 164 valence electrons. The first-order valence-electron chi connectivity index (χ1n) is 11.5. The summed E-state index contributed by atoms with van der Waals surface area (Å²) in [5.41, 5.74) is 2.91. The molecule has 2 aromatic rings. The van der Waals surface area contributed by atoms with E-state index in [0.29, 0.717) is 13.1 Å². The zero-order chi connectivity index (χ0) is 21.5. The lowest BCUT2D eigenvalue weighted by atomic mass is 10.1. The highest BCUT2D eigenvalue weighted by atomic mass is 16.3. The number of hydrazone groups is 1. The number of aliphatic hydroxyl groups excluding tert-OH is 1. The van der Waals surface area contributed by atoms with Crippen LogP contribution in [0, 0.1) is 0 Å². The topological polar surface area (TPSA) is 80.5 Å². The molecule has 0 aliphatic carbocycles. The summed E-state index contributed by atoms with van der Waals surface area (Å²) in [6.45, 7) is 4.25. The minimum absolute atomic E-state index is 0.00235. The van der Waals surface area contributed by atoms with Crippen molar-refractivity contribution in [1.29, 1.82) is 0 Å². The molecule has 4 aliphatic rings. The first-order valence-corrected chi connectivity index (χ1v) is 11.5. The molecule has 1 N–H and O–H groups in total. The molecule has 1 unspecified atom stereocenters. The van der Waals surface area contributed by atoms with Crippen molar-refractivity contribution in [3.8, 4) is 11.3 Å². The molecule has 0 spiro atoms. The predicted octanol–water partition coefficient (Wildman–Crippen LogP) is 2.45. The third-order valence-electron chi connectivity index (χ3n) is 6.62. The van der Waals surface area contributed by atoms with Crippen molar-refractivity contribution in [2.24, 2.45) is 10.1 Å². The number of rotatable bonds is 3. The number of nitrogens with zero attached hydrogens (tertiary/aromatic N) is 7. The van der Waals surface area contributed by atoms with Crippen LogP contribution in [0.15, 0.2) is 58.8 Å². The Hall–Kier alpha value is -3.26. The zero-order valence-corrected chi connectivity index (χ0v) is 18.0. The summed E-state index contributed by atoms with van der Waals surface area (Å²) >= 11 is 0. The van der Waals surface area contributed by atoms with Gasteiger partial charge in [-0.1, -0.05) is 6.07 Å². The summed E-state index contributed by atoms with van der Waals surface area (Å²) in [5.74, 6) is 2.82. The first-order chi connectivity index (χ1) is 15.7. The van der Waals surface area contributed by atoms with Crippen molar-refractivity contribution in [2.45, 2.75) is 31.4 Å². The van der Waals surface area contributed by atoms with E-state index in [1.807, 2.05) is 23.3 Å². The van der Waals surface area contributed by atoms with Gasteiger partial charge in [-0.15, -0.1) is 0 Å². The van der Waals surface area contributed by atoms with Crippen LogP contribution in [0.1, 0.15) is 31.0 Å². The number of hydrogen-bond acceptors (Lipinski definition) is 8. The van der Waals surface area contributed by atoms with Gasteiger partial charge in [-0.2, -0.15) is 5.10 Å². The minimum atomic E-state index is -0.275. The van der Waals surface area contributed by atoms with E-state index in [0.717, 1.165) is 60.5 Å². The lowest BCUT2D eigenvalue weighted by Crippen LogP contribution is -2.35. The molecule has 0 aromatic carbocycles. The fraction of sp³-hybridized carbons (Fsp3) is 0.417. The fourth-order valence-electron chi connectivity index (χ4n) is 4.86. The van der Waals surface area contributed by atoms with E-state index in [2.05, 4.69) is 45.1 Å². The standard InChI is InChI=1S/C24H27N7O/c32-18-9-13-30(16-18)24-14-17(8-10-25-24)19-4-3-5-20(27-19)21-15-26-22-6-7-23(28-31(21)22)29-11-1-2-12-29/h3-8,10,14,18,21,32H,1-2,9,11-13,15-16H2/t18-,21?/m0/s1. The number of aliphatic imine (C=N–C) groups is 1. The number of likely N-dealkylation sites (tertiary alicyclic amines) is 1. The number of fused-ring (bicyclic) bond motifs is 1. The molecule has 0 radical (unpaired) electrons. The Labute approximate surface area is 187 Å². The number of aromatic nitrogens is 2. The van der Waals surface area contributed by atoms with Crippen LogP contribution < -0.4 is 4.90 Å². The highest BCUT2D eigenvalue weighted by molar-refractivity contribution is 6.06. The van der Waals surface area contributed by atoms with Crippen LogP contribution in [0.5, 0.6) is 0 Å². The van der Waals surface area contributed by atoms with Gasteiger partial charge in [-0.05, 0) is 55.7 Å². The SMILES string of the molecule is O[C@H]1CCN(c2cc(-c3cccc(C4CN=C5C=CC(N6CCCC6)=NN54)n3)ccn2)C1. The molecule has 2 saturated heterocycles. The van der Waals surface area contributed by atoms with Gasteiger partial charge in [-0.3, -0.25) is 9.98 Å². The summed E-state index contributed by atoms with van der Waals surface area (Å²) in [5, 5.41) is 16.8. The van der Waals surface area contributed by atoms with E-state index in [-0.39, 0.29) is 12.1 Å². The van der Waals surface area contributed by atoms with E-state index in [1.54, 1.807) is 0 Å². The van der Waals surface area contributed by atoms with Gasteiger partial charge < -0.3 is 14.9 Å². The summed E-state index contributed by atoms with van der Waals surface area (Å²) in [4.78, 5) is 18.7. The van der Waals surface area contributed by atoms with Crippen LogP contribution in [-0.2, 0) is 0 Å². The number of β-amino-alcohol motifs (C(OH)–C–C–N with tert-alkyl or cyclic N) is 1. The normalized spacial score (nSPS) is 24.7. The number of amidine groups is 2. The molecule has 32 heavy (non-hydrogen) atoms. The van der Waals surface area contributed by atoms with Gasteiger partial charge in [0.05, 0.1) is 24.0 Å². The third-order valence-corrected chi connectivity index (χ3v) is 6.62. The molecule has 0 bridgehead atoms. The summed E-state index contributed by atoms with van der Waals surface area (Å²) in [6, 6.07) is 10.2. The van der Waals surface area contributed by atoms with Crippen molar-refractivity contribution < 1.29 is 5.11 Å². The molecule has 2 atom stereocenters. The van der Waals surface area contributed by atoms with Crippen LogP contribution >= 0.6 is 0 Å². The smallest absolute Gasteiger partial charge is 0.149 e. The second kappa shape index (κ2) is 8.02. The molecular weight excluding hydrogens is 402 g/mol. The quantitative estimate of drug-likeness (QED) is 0.807. The monoisotopic (exact) mass is 429 g/mol. The number of pyridine rings is 2. The van der Waals surface area contributed by atoms with E-state index in [1.165, 1.54) is 12.8 Å². The Bertz CT molecular complexity index is 1110. The molecule has 6 rings (SSSR count). The Morgan fingerprint density at radius 2 is 1.84 bits per heavy atom. The van der Waals surface area contributed by atoms with Crippen LogP contribution in [-0.4, -0.2) is 75.5 Å². The van der Waals surface area contributed by atoms with Crippen molar-refractivity contribution in [3.63, 3.8) is 0 Å². The second-order valence-electron chi connectivity index (χ2n) is 8.78. The van der Waals surface area contributed by atoms with Gasteiger partial charge in [-0.25, -0.2) is 9.99 Å². The van der Waals surface area contributed by atoms with Crippen LogP contribution in [0.4, 0.5) is 5.82 Å². The van der Waals surface area contributed by atoms with Crippen molar-refractivity contribution in [3.05, 3.63) is 54.4 Å². The predicted molar refractivity (Wildman–Crippen MR) is 125 cm³/mol. The second-order valence-corrected chi connectivity index (χ2v) is 8.78. The zero-order valence-electron chi connectivity index (χ0n) is 18.0. The number of anilines is 1. The molecule has 4 aliphatic heterocycles. The fourth-order valence-corrected chi connectivity index (χ4v) is 4.86. The minimum Gasteiger partial charge on any atom is -0.391 e. The lowest BCUT2D eigenvalue weighted by molar-refractivity contribution is 0.198. The van der Waals surface area contributed by atoms with Crippen molar-refractivity contribution in [1.82, 2.24) is 19.9 Å². The summed E-state index contributed by atoms with van der Waals surface area (Å²) in [6.07, 6.45) is 8.94. The average Bonchev–Trinajstić information content (AvgIpc) is 3.60. The number of hydrogen-bond donors (Lipinski definition) is 1. The Morgan fingerprint density at radius 3 is 2.69 bits per heavy atom. The Balaban J connectivity index is 1.27. The average molecular weight is 430 g/mol. The van der Waals surface area contributed by atoms with E-state index in [4.69, 9.17) is 15.1 Å². The summed E-state index contributed by atoms with van der Waals surface area (Å²) in [7, 11) is 0. The third kappa shape index (κ3) is 3.54. The van der Waals surface area contributed by atoms with Crippen LogP contribution in [0.2, 0.25) is 0 Å². The van der Waals surface area contributed by atoms with E-state index < -0.39 is 0 Å². The maximum Gasteiger partial charge on any atom is 0.149 e.